The normalized spacial score (nSPS) is 11.6. The Hall–Kier alpha value is -2.89. The van der Waals surface area contributed by atoms with Crippen molar-refractivity contribution in [3.8, 4) is 5.75 Å². The topological polar surface area (TPSA) is 81.5 Å². The maximum absolute atomic E-state index is 12.2. The number of benzene rings is 2. The van der Waals surface area contributed by atoms with Crippen LogP contribution in [0.5, 0.6) is 5.75 Å². The fourth-order valence-electron chi connectivity index (χ4n) is 2.14. The van der Waals surface area contributed by atoms with Crippen molar-refractivity contribution in [2.24, 2.45) is 0 Å². The lowest BCUT2D eigenvalue weighted by atomic mass is 10.1. The van der Waals surface area contributed by atoms with Gasteiger partial charge in [-0.25, -0.2) is 0 Å². The van der Waals surface area contributed by atoms with E-state index in [0.29, 0.717) is 17.0 Å². The van der Waals surface area contributed by atoms with Gasteiger partial charge in [-0.3, -0.25) is 14.9 Å². The van der Waals surface area contributed by atoms with Crippen molar-refractivity contribution in [1.82, 2.24) is 0 Å². The summed E-state index contributed by atoms with van der Waals surface area (Å²) in [5.41, 5.74) is 1.82. The number of nitro benzene ring substituents is 1. The van der Waals surface area contributed by atoms with Gasteiger partial charge in [0.15, 0.2) is 6.10 Å². The summed E-state index contributed by atoms with van der Waals surface area (Å²) in [5, 5.41) is 13.6. The van der Waals surface area contributed by atoms with Gasteiger partial charge < -0.3 is 10.1 Å². The van der Waals surface area contributed by atoms with Crippen molar-refractivity contribution in [1.29, 1.82) is 0 Å². The Labute approximate surface area is 134 Å². The third-order valence-electron chi connectivity index (χ3n) is 3.43. The molecular formula is C17H18N2O4. The summed E-state index contributed by atoms with van der Waals surface area (Å²) < 4.78 is 5.60. The van der Waals surface area contributed by atoms with E-state index in [9.17, 15) is 14.9 Å². The second-order valence-electron chi connectivity index (χ2n) is 5.27. The second kappa shape index (κ2) is 6.91. The lowest BCUT2D eigenvalue weighted by molar-refractivity contribution is -0.385. The van der Waals surface area contributed by atoms with E-state index in [0.717, 1.165) is 5.56 Å². The van der Waals surface area contributed by atoms with Crippen LogP contribution in [0.15, 0.2) is 42.5 Å². The maximum atomic E-state index is 12.2. The minimum absolute atomic E-state index is 0.0324. The minimum Gasteiger partial charge on any atom is -0.481 e. The zero-order valence-electron chi connectivity index (χ0n) is 13.2. The van der Waals surface area contributed by atoms with E-state index in [1.54, 1.807) is 26.0 Å². The van der Waals surface area contributed by atoms with Gasteiger partial charge in [0.1, 0.15) is 5.75 Å². The van der Waals surface area contributed by atoms with Crippen LogP contribution >= 0.6 is 0 Å². The molecule has 2 aromatic rings. The predicted octanol–water partition coefficient (Wildman–Crippen LogP) is 3.62. The molecular weight excluding hydrogens is 296 g/mol. The molecule has 0 unspecified atom stereocenters. The van der Waals surface area contributed by atoms with Crippen LogP contribution in [0.25, 0.3) is 0 Å². The molecule has 0 bridgehead atoms. The van der Waals surface area contributed by atoms with Crippen LogP contribution < -0.4 is 10.1 Å². The Morgan fingerprint density at radius 3 is 2.57 bits per heavy atom. The smallest absolute Gasteiger partial charge is 0.274 e. The Balaban J connectivity index is 2.10. The quantitative estimate of drug-likeness (QED) is 0.675. The number of rotatable bonds is 5. The van der Waals surface area contributed by atoms with E-state index < -0.39 is 11.0 Å². The SMILES string of the molecule is Cc1cccc(O[C@H](C)C(=O)Nc2cccc([N+](=O)[O-])c2C)c1. The molecule has 23 heavy (non-hydrogen) atoms. The summed E-state index contributed by atoms with van der Waals surface area (Å²) in [4.78, 5) is 22.7. The number of ether oxygens (including phenoxy) is 1. The van der Waals surface area contributed by atoms with Crippen molar-refractivity contribution >= 4 is 17.3 Å². The van der Waals surface area contributed by atoms with E-state index in [1.165, 1.54) is 12.1 Å². The Bertz CT molecular complexity index is 743. The molecule has 0 fully saturated rings. The third-order valence-corrected chi connectivity index (χ3v) is 3.43. The first-order valence-electron chi connectivity index (χ1n) is 7.16. The molecule has 1 N–H and O–H groups in total. The van der Waals surface area contributed by atoms with E-state index >= 15 is 0 Å². The highest BCUT2D eigenvalue weighted by Crippen LogP contribution is 2.25. The van der Waals surface area contributed by atoms with Crippen molar-refractivity contribution < 1.29 is 14.5 Å². The van der Waals surface area contributed by atoms with E-state index in [4.69, 9.17) is 4.74 Å². The molecule has 0 aliphatic rings. The van der Waals surface area contributed by atoms with E-state index in [1.807, 2.05) is 25.1 Å². The Morgan fingerprint density at radius 1 is 1.22 bits per heavy atom. The van der Waals surface area contributed by atoms with Crippen LogP contribution in [-0.2, 0) is 4.79 Å². The maximum Gasteiger partial charge on any atom is 0.274 e. The first kappa shape index (κ1) is 16.5. The third kappa shape index (κ3) is 4.06. The van der Waals surface area contributed by atoms with E-state index in [-0.39, 0.29) is 11.6 Å². The number of carbonyl (C=O) groups is 1. The standard InChI is InChI=1S/C17H18N2O4/c1-11-6-4-7-14(10-11)23-13(3)17(20)18-15-8-5-9-16(12(15)2)19(21)22/h4-10,13H,1-3H3,(H,18,20)/t13-/m1/s1. The zero-order valence-corrected chi connectivity index (χ0v) is 13.2. The number of amides is 1. The lowest BCUT2D eigenvalue weighted by Gasteiger charge is -2.16. The molecule has 0 saturated carbocycles. The van der Waals surface area contributed by atoms with Crippen molar-refractivity contribution in [2.75, 3.05) is 5.32 Å². The fourth-order valence-corrected chi connectivity index (χ4v) is 2.14. The van der Waals surface area contributed by atoms with Gasteiger partial charge in [-0.05, 0) is 44.5 Å². The molecule has 0 aliphatic heterocycles. The number of hydrogen-bond acceptors (Lipinski definition) is 4. The first-order valence-corrected chi connectivity index (χ1v) is 7.16. The molecule has 0 radical (unpaired) electrons. The van der Waals surface area contributed by atoms with Crippen LogP contribution in [0, 0.1) is 24.0 Å². The zero-order chi connectivity index (χ0) is 17.0. The molecule has 0 aromatic heterocycles. The van der Waals surface area contributed by atoms with Crippen LogP contribution in [0.4, 0.5) is 11.4 Å². The van der Waals surface area contributed by atoms with Crippen molar-refractivity contribution in [3.05, 3.63) is 63.7 Å². The molecule has 2 aromatic carbocycles. The second-order valence-corrected chi connectivity index (χ2v) is 5.27. The van der Waals surface area contributed by atoms with Gasteiger partial charge in [0.25, 0.3) is 11.6 Å². The van der Waals surface area contributed by atoms with Crippen LogP contribution in [0.1, 0.15) is 18.1 Å². The summed E-state index contributed by atoms with van der Waals surface area (Å²) in [7, 11) is 0. The summed E-state index contributed by atoms with van der Waals surface area (Å²) >= 11 is 0. The average molecular weight is 314 g/mol. The molecule has 1 amide bonds. The molecule has 2 rings (SSSR count). The molecule has 0 spiro atoms. The highest BCUT2D eigenvalue weighted by molar-refractivity contribution is 5.95. The van der Waals surface area contributed by atoms with Crippen molar-refractivity contribution in [3.63, 3.8) is 0 Å². The Morgan fingerprint density at radius 2 is 1.91 bits per heavy atom. The van der Waals surface area contributed by atoms with Crippen LogP contribution in [0.2, 0.25) is 0 Å². The number of nitrogens with one attached hydrogen (secondary N) is 1. The largest absolute Gasteiger partial charge is 0.481 e. The molecule has 6 nitrogen and oxygen atoms in total. The number of hydrogen-bond donors (Lipinski definition) is 1. The average Bonchev–Trinajstić information content (AvgIpc) is 2.49. The van der Waals surface area contributed by atoms with Gasteiger partial charge in [-0.1, -0.05) is 18.2 Å². The summed E-state index contributed by atoms with van der Waals surface area (Å²) in [6, 6.07) is 12.0. The molecule has 0 heterocycles. The molecule has 120 valence electrons. The summed E-state index contributed by atoms with van der Waals surface area (Å²) in [6.07, 6.45) is -0.726. The lowest BCUT2D eigenvalue weighted by Crippen LogP contribution is -2.30. The molecule has 6 heteroatoms. The summed E-state index contributed by atoms with van der Waals surface area (Å²) in [5.74, 6) is 0.235. The number of anilines is 1. The Kier molecular flexibility index (Phi) is 4.95. The van der Waals surface area contributed by atoms with Gasteiger partial charge in [0.05, 0.1) is 16.2 Å². The highest BCUT2D eigenvalue weighted by Gasteiger charge is 2.19. The molecule has 0 aliphatic carbocycles. The van der Waals surface area contributed by atoms with Crippen LogP contribution in [0.3, 0.4) is 0 Å². The van der Waals surface area contributed by atoms with Crippen molar-refractivity contribution in [2.45, 2.75) is 26.9 Å². The van der Waals surface area contributed by atoms with Gasteiger partial charge in [-0.15, -0.1) is 0 Å². The summed E-state index contributed by atoms with van der Waals surface area (Å²) in [6.45, 7) is 5.16. The van der Waals surface area contributed by atoms with Gasteiger partial charge >= 0.3 is 0 Å². The number of nitro groups is 1. The minimum atomic E-state index is -0.726. The highest BCUT2D eigenvalue weighted by atomic mass is 16.6. The van der Waals surface area contributed by atoms with Gasteiger partial charge in [-0.2, -0.15) is 0 Å². The monoisotopic (exact) mass is 314 g/mol. The van der Waals surface area contributed by atoms with Gasteiger partial charge in [0.2, 0.25) is 0 Å². The molecule has 0 saturated heterocycles. The number of nitrogens with zero attached hydrogens (tertiary/aromatic N) is 1. The van der Waals surface area contributed by atoms with Crippen LogP contribution in [-0.4, -0.2) is 16.9 Å². The predicted molar refractivity (Wildman–Crippen MR) is 87.7 cm³/mol. The molecule has 1 atom stereocenters. The number of aryl methyl sites for hydroxylation is 1. The first-order chi connectivity index (χ1) is 10.9. The fraction of sp³-hybridized carbons (Fsp3) is 0.235. The number of carbonyl (C=O) groups excluding carboxylic acids is 1. The van der Waals surface area contributed by atoms with E-state index in [2.05, 4.69) is 5.32 Å². The van der Waals surface area contributed by atoms with Gasteiger partial charge in [0, 0.05) is 6.07 Å².